The third kappa shape index (κ3) is 7.02. The van der Waals surface area contributed by atoms with Gasteiger partial charge < -0.3 is 18.9 Å². The number of hydrogen-bond acceptors (Lipinski definition) is 5. The Labute approximate surface area is 132 Å². The summed E-state index contributed by atoms with van der Waals surface area (Å²) in [6, 6.07) is 9.97. The van der Waals surface area contributed by atoms with E-state index in [1.54, 1.807) is 21.1 Å². The Hall–Kier alpha value is -1.43. The minimum absolute atomic E-state index is 0.0928. The van der Waals surface area contributed by atoms with Crippen LogP contribution in [0.4, 0.5) is 0 Å². The van der Waals surface area contributed by atoms with Gasteiger partial charge in [-0.05, 0) is 18.9 Å². The van der Waals surface area contributed by atoms with Crippen LogP contribution >= 0.6 is 0 Å². The Balaban J connectivity index is 2.41. The van der Waals surface area contributed by atoms with Crippen molar-refractivity contribution in [3.63, 3.8) is 0 Å². The monoisotopic (exact) mass is 310 g/mol. The van der Waals surface area contributed by atoms with Gasteiger partial charge in [-0.2, -0.15) is 0 Å². The van der Waals surface area contributed by atoms with E-state index >= 15 is 0 Å². The maximum Gasteiger partial charge on any atom is 0.306 e. The van der Waals surface area contributed by atoms with E-state index in [9.17, 15) is 4.79 Å². The highest BCUT2D eigenvalue weighted by atomic mass is 16.7. The minimum atomic E-state index is -0.440. The van der Waals surface area contributed by atoms with Crippen LogP contribution in [-0.2, 0) is 30.3 Å². The highest BCUT2D eigenvalue weighted by molar-refractivity contribution is 5.69. The van der Waals surface area contributed by atoms with E-state index in [2.05, 4.69) is 0 Å². The largest absolute Gasteiger partial charge is 0.466 e. The summed E-state index contributed by atoms with van der Waals surface area (Å²) in [4.78, 5) is 11.7. The molecule has 0 saturated heterocycles. The smallest absolute Gasteiger partial charge is 0.306 e. The molecule has 0 saturated carbocycles. The molecule has 1 aromatic carbocycles. The summed E-state index contributed by atoms with van der Waals surface area (Å²) in [5.41, 5.74) is 1.12. The molecule has 22 heavy (non-hydrogen) atoms. The number of rotatable bonds is 11. The number of esters is 1. The van der Waals surface area contributed by atoms with E-state index < -0.39 is 6.29 Å². The Kier molecular flexibility index (Phi) is 9.46. The Morgan fingerprint density at radius 3 is 2.41 bits per heavy atom. The number of hydrogen-bond donors (Lipinski definition) is 0. The Morgan fingerprint density at radius 1 is 1.14 bits per heavy atom. The summed E-state index contributed by atoms with van der Waals surface area (Å²) in [6.07, 6.45) is 0.483. The van der Waals surface area contributed by atoms with Gasteiger partial charge >= 0.3 is 5.97 Å². The van der Waals surface area contributed by atoms with Crippen LogP contribution in [0.25, 0.3) is 0 Å². The van der Waals surface area contributed by atoms with Crippen LogP contribution in [0.3, 0.4) is 0 Å². The van der Waals surface area contributed by atoms with E-state index in [0.29, 0.717) is 26.2 Å². The molecule has 1 atom stereocenters. The van der Waals surface area contributed by atoms with Crippen LogP contribution in [0, 0.1) is 5.92 Å². The number of carbonyl (C=O) groups is 1. The molecule has 0 heterocycles. The zero-order valence-corrected chi connectivity index (χ0v) is 13.6. The number of ether oxygens (including phenoxy) is 4. The van der Waals surface area contributed by atoms with Gasteiger partial charge in [-0.15, -0.1) is 0 Å². The SMILES string of the molecule is CCOC(=O)CC(CCOCc1ccccc1)C(OC)OC. The summed E-state index contributed by atoms with van der Waals surface area (Å²) < 4.78 is 21.2. The van der Waals surface area contributed by atoms with Crippen molar-refractivity contribution < 1.29 is 23.7 Å². The predicted octanol–water partition coefficient (Wildman–Crippen LogP) is 2.78. The molecule has 5 nitrogen and oxygen atoms in total. The number of methoxy groups -OCH3 is 2. The van der Waals surface area contributed by atoms with Crippen LogP contribution in [-0.4, -0.2) is 39.7 Å². The van der Waals surface area contributed by atoms with Crippen LogP contribution in [0.1, 0.15) is 25.3 Å². The molecule has 1 rings (SSSR count). The number of carbonyl (C=O) groups excluding carboxylic acids is 1. The maximum absolute atomic E-state index is 11.7. The van der Waals surface area contributed by atoms with Gasteiger partial charge in [-0.1, -0.05) is 30.3 Å². The van der Waals surface area contributed by atoms with Gasteiger partial charge in [0, 0.05) is 26.7 Å². The lowest BCUT2D eigenvalue weighted by Crippen LogP contribution is -2.28. The van der Waals surface area contributed by atoms with Crippen molar-refractivity contribution in [2.24, 2.45) is 5.92 Å². The molecule has 0 amide bonds. The standard InChI is InChI=1S/C17H26O5/c1-4-22-16(18)12-15(17(19-2)20-3)10-11-21-13-14-8-6-5-7-9-14/h5-9,15,17H,4,10-13H2,1-3H3. The lowest BCUT2D eigenvalue weighted by atomic mass is 10.0. The minimum Gasteiger partial charge on any atom is -0.466 e. The van der Waals surface area contributed by atoms with Crippen molar-refractivity contribution in [2.75, 3.05) is 27.4 Å². The van der Waals surface area contributed by atoms with Crippen LogP contribution in [0.2, 0.25) is 0 Å². The highest BCUT2D eigenvalue weighted by Crippen LogP contribution is 2.18. The van der Waals surface area contributed by atoms with Crippen molar-refractivity contribution in [2.45, 2.75) is 32.7 Å². The van der Waals surface area contributed by atoms with Gasteiger partial charge in [0.15, 0.2) is 6.29 Å². The Bertz CT molecular complexity index is 403. The molecule has 0 spiro atoms. The first-order valence-corrected chi connectivity index (χ1v) is 7.54. The van der Waals surface area contributed by atoms with Crippen LogP contribution < -0.4 is 0 Å². The molecule has 1 aromatic rings. The summed E-state index contributed by atoms with van der Waals surface area (Å²) in [6.45, 7) is 3.25. The second-order valence-corrected chi connectivity index (χ2v) is 4.94. The molecule has 0 aliphatic rings. The summed E-state index contributed by atoms with van der Waals surface area (Å²) in [7, 11) is 3.13. The molecule has 0 fully saturated rings. The quantitative estimate of drug-likeness (QED) is 0.357. The first-order chi connectivity index (χ1) is 10.7. The molecule has 0 N–H and O–H groups in total. The average Bonchev–Trinajstić information content (AvgIpc) is 2.53. The van der Waals surface area contributed by atoms with Gasteiger partial charge in [0.05, 0.1) is 19.6 Å². The molecule has 0 aliphatic carbocycles. The van der Waals surface area contributed by atoms with Gasteiger partial charge in [0.2, 0.25) is 0 Å². The zero-order chi connectivity index (χ0) is 16.2. The fourth-order valence-electron chi connectivity index (χ4n) is 2.25. The first kappa shape index (κ1) is 18.6. The third-order valence-corrected chi connectivity index (χ3v) is 3.33. The molecule has 5 heteroatoms. The van der Waals surface area contributed by atoms with E-state index in [4.69, 9.17) is 18.9 Å². The summed E-state index contributed by atoms with van der Waals surface area (Å²) in [5.74, 6) is -0.334. The van der Waals surface area contributed by atoms with Gasteiger partial charge in [0.1, 0.15) is 0 Å². The van der Waals surface area contributed by atoms with Crippen molar-refractivity contribution >= 4 is 5.97 Å². The topological polar surface area (TPSA) is 54.0 Å². The average molecular weight is 310 g/mol. The molecular formula is C17H26O5. The van der Waals surface area contributed by atoms with Crippen molar-refractivity contribution in [1.82, 2.24) is 0 Å². The molecule has 0 aliphatic heterocycles. The van der Waals surface area contributed by atoms with E-state index in [1.165, 1.54) is 0 Å². The fraction of sp³-hybridized carbons (Fsp3) is 0.588. The molecule has 124 valence electrons. The lowest BCUT2D eigenvalue weighted by Gasteiger charge is -2.24. The van der Waals surface area contributed by atoms with Crippen LogP contribution in [0.15, 0.2) is 30.3 Å². The van der Waals surface area contributed by atoms with Crippen molar-refractivity contribution in [3.05, 3.63) is 35.9 Å². The fourth-order valence-corrected chi connectivity index (χ4v) is 2.25. The van der Waals surface area contributed by atoms with Crippen molar-refractivity contribution in [3.8, 4) is 0 Å². The lowest BCUT2D eigenvalue weighted by molar-refractivity contribution is -0.161. The second-order valence-electron chi connectivity index (χ2n) is 4.94. The van der Waals surface area contributed by atoms with Crippen LogP contribution in [0.5, 0.6) is 0 Å². The molecule has 1 unspecified atom stereocenters. The van der Waals surface area contributed by atoms with E-state index in [0.717, 1.165) is 5.56 Å². The predicted molar refractivity (Wildman–Crippen MR) is 83.3 cm³/mol. The zero-order valence-electron chi connectivity index (χ0n) is 13.6. The first-order valence-electron chi connectivity index (χ1n) is 7.54. The summed E-state index contributed by atoms with van der Waals surface area (Å²) >= 11 is 0. The number of benzene rings is 1. The van der Waals surface area contributed by atoms with Gasteiger partial charge in [-0.3, -0.25) is 4.79 Å². The highest BCUT2D eigenvalue weighted by Gasteiger charge is 2.24. The summed E-state index contributed by atoms with van der Waals surface area (Å²) in [5, 5.41) is 0. The molecule has 0 radical (unpaired) electrons. The molecule has 0 bridgehead atoms. The van der Waals surface area contributed by atoms with Gasteiger partial charge in [0.25, 0.3) is 0 Å². The Morgan fingerprint density at radius 2 is 1.82 bits per heavy atom. The normalized spacial score (nSPS) is 12.4. The van der Waals surface area contributed by atoms with Crippen molar-refractivity contribution in [1.29, 1.82) is 0 Å². The molecular weight excluding hydrogens is 284 g/mol. The third-order valence-electron chi connectivity index (χ3n) is 3.33. The maximum atomic E-state index is 11.7. The second kappa shape index (κ2) is 11.2. The van der Waals surface area contributed by atoms with E-state index in [-0.39, 0.29) is 18.3 Å². The molecule has 0 aromatic heterocycles. The van der Waals surface area contributed by atoms with Gasteiger partial charge in [-0.25, -0.2) is 0 Å². The van der Waals surface area contributed by atoms with E-state index in [1.807, 2.05) is 30.3 Å².